The largest absolute Gasteiger partial charge is 0.508 e. The number of hydrogen-bond acceptors (Lipinski definition) is 4. The number of phenols is 2. The van der Waals surface area contributed by atoms with E-state index in [1.54, 1.807) is 5.57 Å². The van der Waals surface area contributed by atoms with Gasteiger partial charge in [-0.2, -0.15) is 0 Å². The van der Waals surface area contributed by atoms with Crippen molar-refractivity contribution in [3.63, 3.8) is 0 Å². The molecule has 0 amide bonds. The van der Waals surface area contributed by atoms with E-state index in [2.05, 4.69) is 83.5 Å². The second kappa shape index (κ2) is 27.8. The molecule has 2 N–H and O–H groups in total. The fraction of sp³-hybridized carbons (Fsp3) is 0.680. The Morgan fingerprint density at radius 2 is 1.12 bits per heavy atom. The van der Waals surface area contributed by atoms with E-state index in [0.717, 1.165) is 30.4 Å². The average molecular weight is 838 g/mol. The van der Waals surface area contributed by atoms with E-state index >= 15 is 0 Å². The molecule has 0 bridgehead atoms. The van der Waals surface area contributed by atoms with Crippen LogP contribution in [-0.2, 0) is 21.1 Å². The highest BCUT2D eigenvalue weighted by Gasteiger charge is 2.42. The van der Waals surface area contributed by atoms with Crippen LogP contribution in [0.15, 0.2) is 60.2 Å². The first-order valence-corrected chi connectivity index (χ1v) is 32.3. The zero-order valence-corrected chi connectivity index (χ0v) is 41.7. The molecule has 2 aromatic rings. The lowest BCUT2D eigenvalue weighted by molar-refractivity contribution is 0.375. The quantitative estimate of drug-likeness (QED) is 0.0438. The van der Waals surface area contributed by atoms with Crippen molar-refractivity contribution in [3.05, 3.63) is 82.5 Å². The molecule has 0 aliphatic rings. The van der Waals surface area contributed by atoms with Crippen molar-refractivity contribution in [1.82, 2.24) is 0 Å². The summed E-state index contributed by atoms with van der Waals surface area (Å²) >= 11 is 0. The van der Waals surface area contributed by atoms with Gasteiger partial charge in [0.25, 0.3) is 0 Å². The topological polar surface area (TPSA) is 58.9 Å². The summed E-state index contributed by atoms with van der Waals surface area (Å²) in [6, 6.07) is 13.4. The van der Waals surface area contributed by atoms with Gasteiger partial charge in [0.2, 0.25) is 0 Å². The van der Waals surface area contributed by atoms with Gasteiger partial charge in [-0.1, -0.05) is 120 Å². The maximum Gasteiger partial charge on any atom is 0.311 e. The molecule has 2 rings (SSSR count). The first-order valence-electron chi connectivity index (χ1n) is 23.4. The molecule has 0 aliphatic carbocycles. The summed E-state index contributed by atoms with van der Waals surface area (Å²) in [7, 11) is -6.03. The molecule has 0 aliphatic heterocycles. The van der Waals surface area contributed by atoms with Crippen LogP contribution in [0.3, 0.4) is 0 Å². The van der Waals surface area contributed by atoms with Gasteiger partial charge in [0.05, 0.1) is 0 Å². The Kier molecular flexibility index (Phi) is 25.0. The van der Waals surface area contributed by atoms with Gasteiger partial charge in [-0.3, -0.25) is 0 Å². The van der Waals surface area contributed by atoms with E-state index in [0.29, 0.717) is 17.0 Å². The molecule has 7 heteroatoms. The van der Waals surface area contributed by atoms with Crippen LogP contribution in [0.2, 0.25) is 50.9 Å². The summed E-state index contributed by atoms with van der Waals surface area (Å²) in [6.07, 6.45) is 34.5. The lowest BCUT2D eigenvalue weighted by Gasteiger charge is -2.42. The third kappa shape index (κ3) is 22.9. The molecular formula is C50H88O4Si3. The molecule has 324 valence electrons. The van der Waals surface area contributed by atoms with Crippen molar-refractivity contribution in [2.45, 2.75) is 220 Å². The van der Waals surface area contributed by atoms with Gasteiger partial charge in [0, 0.05) is 0 Å². The Morgan fingerprint density at radius 1 is 0.596 bits per heavy atom. The fourth-order valence-electron chi connectivity index (χ4n) is 8.62. The number of hydrogen-bond donors (Lipinski definition) is 2. The smallest absolute Gasteiger partial charge is 0.311 e. The molecule has 0 fully saturated rings. The first kappa shape index (κ1) is 51.2. The monoisotopic (exact) mass is 837 g/mol. The van der Waals surface area contributed by atoms with Crippen molar-refractivity contribution in [3.8, 4) is 11.5 Å². The molecule has 1 atom stereocenters. The molecule has 0 saturated heterocycles. The van der Waals surface area contributed by atoms with Crippen molar-refractivity contribution in [1.29, 1.82) is 0 Å². The normalized spacial score (nSPS) is 13.5. The minimum atomic E-state index is -2.26. The molecule has 4 nitrogen and oxygen atoms in total. The van der Waals surface area contributed by atoms with Crippen molar-refractivity contribution in [2.75, 3.05) is 0 Å². The minimum Gasteiger partial charge on any atom is -0.508 e. The Morgan fingerprint density at radius 3 is 1.67 bits per heavy atom. The number of aromatic hydroxyl groups is 2. The zero-order chi connectivity index (χ0) is 42.2. The van der Waals surface area contributed by atoms with E-state index in [-0.39, 0.29) is 0 Å². The summed E-state index contributed by atoms with van der Waals surface area (Å²) in [5.74, 6) is 0.851. The van der Waals surface area contributed by atoms with E-state index < -0.39 is 25.2 Å². The van der Waals surface area contributed by atoms with Crippen LogP contribution < -0.4 is 0 Å². The zero-order valence-electron chi connectivity index (χ0n) is 38.7. The predicted molar refractivity (Wildman–Crippen MR) is 257 cm³/mol. The average Bonchev–Trinajstić information content (AvgIpc) is 3.13. The number of allylic oxidation sites excluding steroid dienone is 4. The van der Waals surface area contributed by atoms with Crippen LogP contribution >= 0.6 is 0 Å². The highest BCUT2D eigenvalue weighted by atomic mass is 28.5. The molecule has 0 spiro atoms. The predicted octanol–water partition coefficient (Wildman–Crippen LogP) is 16.3. The van der Waals surface area contributed by atoms with Crippen molar-refractivity contribution >= 4 is 25.2 Å². The van der Waals surface area contributed by atoms with Crippen LogP contribution in [0, 0.1) is 13.8 Å². The van der Waals surface area contributed by atoms with Crippen LogP contribution in [0.25, 0.3) is 0 Å². The Balaban J connectivity index is 1.67. The number of unbranched alkanes of at least 4 members (excludes halogenated alkanes) is 10. The molecule has 0 heterocycles. The van der Waals surface area contributed by atoms with Gasteiger partial charge >= 0.3 is 8.56 Å². The molecule has 0 saturated carbocycles. The first-order chi connectivity index (χ1) is 27.1. The maximum atomic E-state index is 9.96. The minimum absolute atomic E-state index is 0.425. The number of phenolic OH excluding ortho intramolecular Hbond substituents is 2. The Bertz CT molecular complexity index is 1450. The summed E-state index contributed by atoms with van der Waals surface area (Å²) in [5, 5.41) is 19.9. The number of benzene rings is 2. The highest BCUT2D eigenvalue weighted by molar-refractivity contribution is 6.88. The van der Waals surface area contributed by atoms with Crippen LogP contribution in [0.1, 0.15) is 165 Å². The molecule has 0 radical (unpaired) electrons. The van der Waals surface area contributed by atoms with Gasteiger partial charge in [-0.15, -0.1) is 0 Å². The number of aryl methyl sites for hydroxylation is 4. The Labute approximate surface area is 355 Å². The third-order valence-corrected chi connectivity index (χ3v) is 24.2. The molecule has 0 aromatic heterocycles. The fourth-order valence-corrected chi connectivity index (χ4v) is 23.5. The van der Waals surface area contributed by atoms with E-state index in [1.807, 2.05) is 38.1 Å². The second-order valence-corrected chi connectivity index (χ2v) is 31.3. The maximum absolute atomic E-state index is 9.96. The summed E-state index contributed by atoms with van der Waals surface area (Å²) in [4.78, 5) is 0. The van der Waals surface area contributed by atoms with Crippen molar-refractivity contribution < 1.29 is 18.4 Å². The van der Waals surface area contributed by atoms with Gasteiger partial charge in [0.15, 0.2) is 16.6 Å². The standard InChI is InChI=1S/C50H88O4Si3/c1-11-29-45(31-24-20-18-19-22-26-33-47-39-37-44(4)50(52)42-47)34-28-40-55(5,6)53-57(9,10)54-56(7,8)48(30-12-2)35-27-23-17-15-13-14-16-21-25-32-46-38-36-43(3)49(51)41-46/h17,23,31,36-39,41-42,48,51-52H,11-16,18-22,24-30,32-35,40H2,1-10H3/b23-17+,45-31?. The van der Waals surface area contributed by atoms with Crippen LogP contribution in [0.5, 0.6) is 11.5 Å². The lowest BCUT2D eigenvalue weighted by atomic mass is 10.0. The SMILES string of the molecule is CCCC(=CCCCCCCCc1ccc(C)c(O)c1)CCC[Si](C)(C)O[Si](C)(C)O[Si](C)(C)C(CCC)CC/C=C/CCCCCCCc1ccc(C)c(O)c1. The van der Waals surface area contributed by atoms with E-state index in [1.165, 1.54) is 139 Å². The van der Waals surface area contributed by atoms with Crippen LogP contribution in [-0.4, -0.2) is 35.4 Å². The molecule has 1 unspecified atom stereocenters. The third-order valence-electron chi connectivity index (χ3n) is 11.8. The summed E-state index contributed by atoms with van der Waals surface area (Å²) < 4.78 is 14.3. The Hall–Kier alpha value is -1.91. The highest BCUT2D eigenvalue weighted by Crippen LogP contribution is 2.36. The van der Waals surface area contributed by atoms with E-state index in [9.17, 15) is 10.2 Å². The lowest BCUT2D eigenvalue weighted by Crippen LogP contribution is -2.53. The summed E-state index contributed by atoms with van der Waals surface area (Å²) in [5.41, 5.74) is 6.74. The number of rotatable bonds is 32. The molecule has 2 aromatic carbocycles. The van der Waals surface area contributed by atoms with Gasteiger partial charge in [0.1, 0.15) is 11.5 Å². The molecule has 57 heavy (non-hydrogen) atoms. The van der Waals surface area contributed by atoms with E-state index in [4.69, 9.17) is 8.23 Å². The second-order valence-electron chi connectivity index (χ2n) is 18.8. The van der Waals surface area contributed by atoms with Gasteiger partial charge in [-0.05, 0) is 183 Å². The van der Waals surface area contributed by atoms with Crippen LogP contribution in [0.4, 0.5) is 0 Å². The van der Waals surface area contributed by atoms with Crippen molar-refractivity contribution in [2.24, 2.45) is 0 Å². The van der Waals surface area contributed by atoms with Gasteiger partial charge in [-0.25, -0.2) is 0 Å². The molecular weight excluding hydrogens is 749 g/mol. The summed E-state index contributed by atoms with van der Waals surface area (Å²) in [6.45, 7) is 23.0. The van der Waals surface area contributed by atoms with Gasteiger partial charge < -0.3 is 18.4 Å².